The topological polar surface area (TPSA) is 15.3 Å². The van der Waals surface area contributed by atoms with E-state index in [1.807, 2.05) is 0 Å². The maximum Gasteiger partial charge on any atom is 0.498 e. The molecule has 26 heavy (non-hydrogen) atoms. The van der Waals surface area contributed by atoms with Gasteiger partial charge in [-0.3, -0.25) is 0 Å². The third-order valence-corrected chi connectivity index (χ3v) is 9.91. The Labute approximate surface area is 160 Å². The van der Waals surface area contributed by atoms with Crippen molar-refractivity contribution in [2.45, 2.75) is 85.4 Å². The van der Waals surface area contributed by atoms with Gasteiger partial charge in [-0.1, -0.05) is 59.5 Å². The third-order valence-electron chi connectivity index (χ3n) is 4.85. The summed E-state index contributed by atoms with van der Waals surface area (Å²) in [6.45, 7) is 9.67. The molecule has 0 aromatic rings. The van der Waals surface area contributed by atoms with Crippen LogP contribution in [0.2, 0.25) is 0 Å². The average molecular weight is 398 g/mol. The Kier molecular flexibility index (Phi) is 14.6. The van der Waals surface area contributed by atoms with E-state index in [2.05, 4.69) is 33.1 Å². The first-order valence-corrected chi connectivity index (χ1v) is 13.0. The summed E-state index contributed by atoms with van der Waals surface area (Å²) in [7, 11) is -0.562. The number of halogens is 3. The highest BCUT2D eigenvalue weighted by Crippen LogP contribution is 2.61. The summed E-state index contributed by atoms with van der Waals surface area (Å²) in [5.74, 6) is 0. The molecule has 0 bridgehead atoms. The van der Waals surface area contributed by atoms with Crippen molar-refractivity contribution in [3.05, 3.63) is 12.3 Å². The second kappa shape index (κ2) is 14.7. The highest BCUT2D eigenvalue weighted by molar-refractivity contribution is 7.75. The molecule has 0 saturated carbocycles. The lowest BCUT2D eigenvalue weighted by Crippen LogP contribution is -2.40. The lowest BCUT2D eigenvalue weighted by Gasteiger charge is -2.28. The minimum atomic E-state index is -4.28. The van der Waals surface area contributed by atoms with Crippen LogP contribution in [0.15, 0.2) is 12.3 Å². The summed E-state index contributed by atoms with van der Waals surface area (Å²) in [5.41, 5.74) is 2.09. The van der Waals surface area contributed by atoms with Gasteiger partial charge in [-0.05, 0) is 25.7 Å². The lowest BCUT2D eigenvalue weighted by molar-refractivity contribution is -0.240. The van der Waals surface area contributed by atoms with Gasteiger partial charge in [0.25, 0.3) is 0 Å². The van der Waals surface area contributed by atoms with Crippen molar-refractivity contribution >= 4 is 7.26 Å². The second-order valence-electron chi connectivity index (χ2n) is 7.24. The molecule has 156 valence electrons. The molecule has 0 aliphatic carbocycles. The molecule has 1 rings (SSSR count). The fraction of sp³-hybridized carbons (Fsp3) is 0.900. The molecule has 0 fully saturated rings. The van der Waals surface area contributed by atoms with E-state index in [-0.39, 0.29) is 11.6 Å². The predicted octanol–water partition coefficient (Wildman–Crippen LogP) is 7.04. The maximum atomic E-state index is 11.6. The molecule has 0 atom stereocenters. The van der Waals surface area contributed by atoms with Gasteiger partial charge in [0.2, 0.25) is 0 Å². The predicted molar refractivity (Wildman–Crippen MR) is 111 cm³/mol. The standard InChI is InChI=1S/C16H36P.C4H5F3N2/c1-5-9-13-17(14-10-6-2,15-11-7-3)16-12-8-4;5-4(6,7)9-3-1-2-8-9/h5-16H2,1-4H3;1,3,8H,2H2/q+1;. The van der Waals surface area contributed by atoms with Gasteiger partial charge < -0.3 is 0 Å². The molecule has 0 radical (unpaired) electrons. The van der Waals surface area contributed by atoms with Gasteiger partial charge in [-0.15, -0.1) is 13.2 Å². The smallest absolute Gasteiger partial charge is 0.224 e. The zero-order chi connectivity index (χ0) is 19.9. The van der Waals surface area contributed by atoms with Gasteiger partial charge in [-0.2, -0.15) is 0 Å². The van der Waals surface area contributed by atoms with Crippen LogP contribution in [0.3, 0.4) is 0 Å². The van der Waals surface area contributed by atoms with Gasteiger partial charge in [0.15, 0.2) is 0 Å². The first kappa shape index (κ1) is 25.7. The van der Waals surface area contributed by atoms with Gasteiger partial charge >= 0.3 is 6.30 Å². The van der Waals surface area contributed by atoms with Crippen LogP contribution in [0.4, 0.5) is 13.2 Å². The summed E-state index contributed by atoms with van der Waals surface area (Å²) in [4.78, 5) is 0. The lowest BCUT2D eigenvalue weighted by atomic mass is 10.4. The number of unbranched alkanes of at least 4 members (excludes halogenated alkanes) is 4. The van der Waals surface area contributed by atoms with E-state index >= 15 is 0 Å². The highest BCUT2D eigenvalue weighted by atomic mass is 31.2. The molecule has 0 saturated heterocycles. The van der Waals surface area contributed by atoms with E-state index in [1.54, 1.807) is 24.6 Å². The van der Waals surface area contributed by atoms with Crippen LogP contribution in [0.25, 0.3) is 0 Å². The van der Waals surface area contributed by atoms with E-state index < -0.39 is 13.6 Å². The van der Waals surface area contributed by atoms with Crippen molar-refractivity contribution in [1.29, 1.82) is 0 Å². The van der Waals surface area contributed by atoms with Crippen LogP contribution in [0.5, 0.6) is 0 Å². The molecule has 0 unspecified atom stereocenters. The molecular weight excluding hydrogens is 356 g/mol. The fourth-order valence-electron chi connectivity index (χ4n) is 3.18. The Hall–Kier alpha value is -0.280. The van der Waals surface area contributed by atoms with Crippen molar-refractivity contribution in [1.82, 2.24) is 10.4 Å². The summed E-state index contributed by atoms with van der Waals surface area (Å²) < 4.78 is 34.7. The molecule has 1 N–H and O–H groups in total. The quantitative estimate of drug-likeness (QED) is 0.280. The highest BCUT2D eigenvalue weighted by Gasteiger charge is 2.36. The monoisotopic (exact) mass is 397 g/mol. The molecule has 1 aliphatic heterocycles. The zero-order valence-corrected chi connectivity index (χ0v) is 18.3. The van der Waals surface area contributed by atoms with E-state index in [4.69, 9.17) is 0 Å². The van der Waals surface area contributed by atoms with Crippen molar-refractivity contribution in [3.8, 4) is 0 Å². The largest absolute Gasteiger partial charge is 0.498 e. The normalized spacial score (nSPS) is 14.5. The Balaban J connectivity index is 0.000000577. The van der Waals surface area contributed by atoms with Crippen LogP contribution in [0.1, 0.15) is 79.1 Å². The molecule has 0 aromatic heterocycles. The number of hydrazine groups is 1. The van der Waals surface area contributed by atoms with Crippen LogP contribution in [0, 0.1) is 0 Å². The van der Waals surface area contributed by atoms with Crippen LogP contribution in [-0.4, -0.2) is 42.5 Å². The van der Waals surface area contributed by atoms with Crippen molar-refractivity contribution < 1.29 is 13.2 Å². The molecule has 0 amide bonds. The average Bonchev–Trinajstić information content (AvgIpc) is 3.16. The van der Waals surface area contributed by atoms with Crippen molar-refractivity contribution in [2.75, 3.05) is 31.2 Å². The van der Waals surface area contributed by atoms with Gasteiger partial charge in [0.1, 0.15) is 0 Å². The summed E-state index contributed by atoms with van der Waals surface area (Å²) in [5, 5.41) is 0.118. The Morgan fingerprint density at radius 3 is 1.38 bits per heavy atom. The Bertz CT molecular complexity index is 322. The van der Waals surface area contributed by atoms with Crippen LogP contribution < -0.4 is 5.43 Å². The third kappa shape index (κ3) is 11.4. The van der Waals surface area contributed by atoms with Crippen molar-refractivity contribution in [3.63, 3.8) is 0 Å². The molecule has 1 heterocycles. The van der Waals surface area contributed by atoms with E-state index in [0.717, 1.165) is 6.20 Å². The van der Waals surface area contributed by atoms with Crippen molar-refractivity contribution in [2.24, 2.45) is 0 Å². The van der Waals surface area contributed by atoms with Crippen LogP contribution in [-0.2, 0) is 0 Å². The van der Waals surface area contributed by atoms with Crippen LogP contribution >= 0.6 is 7.26 Å². The van der Waals surface area contributed by atoms with E-state index in [1.165, 1.54) is 57.4 Å². The number of rotatable bonds is 12. The van der Waals surface area contributed by atoms with E-state index in [9.17, 15) is 13.2 Å². The molecule has 6 heteroatoms. The zero-order valence-electron chi connectivity index (χ0n) is 17.4. The summed E-state index contributed by atoms with van der Waals surface area (Å²) in [6, 6.07) is 0. The Morgan fingerprint density at radius 1 is 0.808 bits per heavy atom. The molecule has 2 nitrogen and oxygen atoms in total. The summed E-state index contributed by atoms with van der Waals surface area (Å²) >= 11 is 0. The Morgan fingerprint density at radius 2 is 1.19 bits per heavy atom. The van der Waals surface area contributed by atoms with E-state index in [0.29, 0.717) is 0 Å². The van der Waals surface area contributed by atoms with Gasteiger partial charge in [0.05, 0.1) is 24.6 Å². The van der Waals surface area contributed by atoms with Gasteiger partial charge in [-0.25, -0.2) is 10.4 Å². The maximum absolute atomic E-state index is 11.6. The SMILES string of the molecule is CCCC[P+](CCCC)(CCCC)CCCC.FC(F)(F)N1C=CCN1. The number of nitrogens with one attached hydrogen (secondary N) is 1. The first-order valence-electron chi connectivity index (χ1n) is 10.5. The molecule has 0 spiro atoms. The van der Waals surface area contributed by atoms with Gasteiger partial charge in [0, 0.05) is 20.0 Å². The minimum absolute atomic E-state index is 0.118. The minimum Gasteiger partial charge on any atom is -0.224 e. The molecule has 0 aromatic carbocycles. The second-order valence-corrected chi connectivity index (χ2v) is 11.7. The number of hydrogen-bond acceptors (Lipinski definition) is 2. The number of alkyl halides is 3. The fourth-order valence-corrected chi connectivity index (χ4v) is 8.47. The first-order chi connectivity index (χ1) is 12.3. The summed E-state index contributed by atoms with van der Waals surface area (Å²) in [6.07, 6.45) is 16.0. The number of nitrogens with zero attached hydrogens (tertiary/aromatic N) is 1. The number of hydrogen-bond donors (Lipinski definition) is 1. The molecule has 1 aliphatic rings. The molecular formula is C20H41F3N2P+.